The number of rotatable bonds is 6. The highest BCUT2D eigenvalue weighted by Gasteiger charge is 2.41. The molecule has 121 valence electrons. The molecule has 2 heteroatoms. The smallest absolute Gasteiger partial charge is 0.118 e. The van der Waals surface area contributed by atoms with E-state index in [9.17, 15) is 5.11 Å². The summed E-state index contributed by atoms with van der Waals surface area (Å²) in [6.07, 6.45) is 0.998. The van der Waals surface area contributed by atoms with Crippen LogP contribution < -0.4 is 0 Å². The largest absolute Gasteiger partial charge is 0.380 e. The molecule has 0 saturated heterocycles. The fourth-order valence-electron chi connectivity index (χ4n) is 3.41. The molecule has 0 unspecified atom stereocenters. The second-order valence-corrected chi connectivity index (χ2v) is 6.98. The Bertz CT molecular complexity index is 523. The fraction of sp³-hybridized carbons (Fsp3) is 0.429. The number of hydrogen-bond donors (Lipinski definition) is 1. The predicted molar refractivity (Wildman–Crippen MR) is 99.4 cm³/mol. The zero-order valence-corrected chi connectivity index (χ0v) is 14.7. The average molecular weight is 307 g/mol. The van der Waals surface area contributed by atoms with E-state index in [0.717, 1.165) is 17.5 Å². The highest BCUT2D eigenvalue weighted by atomic mass is 16.3. The average Bonchev–Trinajstić information content (AvgIpc) is 2.53. The monoisotopic (exact) mass is 307 g/mol. The van der Waals surface area contributed by atoms with E-state index in [2.05, 4.69) is 27.7 Å². The van der Waals surface area contributed by atoms with Crippen molar-refractivity contribution < 1.29 is 5.11 Å². The molecule has 0 heterocycles. The first-order valence-electron chi connectivity index (χ1n) is 8.29. The van der Waals surface area contributed by atoms with Crippen LogP contribution in [0.2, 0.25) is 0 Å². The molecule has 2 rings (SSSR count). The summed E-state index contributed by atoms with van der Waals surface area (Å²) in [5.41, 5.74) is 1.03. The Morgan fingerprint density at radius 1 is 0.783 bits per heavy atom. The van der Waals surface area contributed by atoms with Crippen LogP contribution >= 0.6 is 0 Å². The molecule has 1 nitrogen and oxygen atoms in total. The van der Waals surface area contributed by atoms with Gasteiger partial charge in [0.2, 0.25) is 0 Å². The van der Waals surface area contributed by atoms with E-state index in [1.54, 1.807) is 0 Å². The van der Waals surface area contributed by atoms with E-state index in [1.165, 1.54) is 0 Å². The molecule has 1 atom stereocenters. The lowest BCUT2D eigenvalue weighted by Gasteiger charge is -2.40. The summed E-state index contributed by atoms with van der Waals surface area (Å²) < 4.78 is 0. The minimum absolute atomic E-state index is 0. The summed E-state index contributed by atoms with van der Waals surface area (Å²) in [4.78, 5) is 0. The second-order valence-electron chi connectivity index (χ2n) is 6.98. The maximum Gasteiger partial charge on any atom is 0.118 e. The predicted octanol–water partition coefficient (Wildman–Crippen LogP) is 4.86. The Hall–Kier alpha value is -1.54. The summed E-state index contributed by atoms with van der Waals surface area (Å²) in [6.45, 7) is 8.88. The lowest BCUT2D eigenvalue weighted by Crippen LogP contribution is -2.40. The molecular formula is C21H28BO. The first-order valence-corrected chi connectivity index (χ1v) is 8.29. The SMILES string of the molecule is CC(C)C[C@@H](C(C)C)C(O)(c1ccccc1)c1ccccc1.[B]. The minimum atomic E-state index is -0.943. The first kappa shape index (κ1) is 19.5. The van der Waals surface area contributed by atoms with Crippen molar-refractivity contribution in [2.75, 3.05) is 0 Å². The lowest BCUT2D eigenvalue weighted by atomic mass is 9.68. The Balaban J connectivity index is 0.00000264. The highest BCUT2D eigenvalue weighted by molar-refractivity contribution is 5.75. The van der Waals surface area contributed by atoms with Crippen LogP contribution in [0.5, 0.6) is 0 Å². The van der Waals surface area contributed by atoms with E-state index < -0.39 is 5.60 Å². The quantitative estimate of drug-likeness (QED) is 0.756. The Morgan fingerprint density at radius 3 is 1.48 bits per heavy atom. The van der Waals surface area contributed by atoms with E-state index in [-0.39, 0.29) is 14.3 Å². The van der Waals surface area contributed by atoms with Crippen molar-refractivity contribution >= 4 is 8.41 Å². The van der Waals surface area contributed by atoms with Gasteiger partial charge in [-0.2, -0.15) is 0 Å². The molecule has 3 radical (unpaired) electrons. The number of benzene rings is 2. The van der Waals surface area contributed by atoms with Gasteiger partial charge in [0.05, 0.1) is 0 Å². The van der Waals surface area contributed by atoms with Crippen molar-refractivity contribution in [2.45, 2.75) is 39.7 Å². The van der Waals surface area contributed by atoms with Gasteiger partial charge in [-0.1, -0.05) is 88.4 Å². The van der Waals surface area contributed by atoms with E-state index in [4.69, 9.17) is 0 Å². The maximum absolute atomic E-state index is 11.8. The zero-order valence-electron chi connectivity index (χ0n) is 14.7. The fourth-order valence-corrected chi connectivity index (χ4v) is 3.41. The van der Waals surface area contributed by atoms with Crippen LogP contribution in [0.15, 0.2) is 60.7 Å². The molecule has 0 aromatic heterocycles. The van der Waals surface area contributed by atoms with Gasteiger partial charge in [0.1, 0.15) is 5.60 Å². The van der Waals surface area contributed by atoms with Gasteiger partial charge >= 0.3 is 0 Å². The molecule has 2 aromatic carbocycles. The van der Waals surface area contributed by atoms with Crippen LogP contribution in [0.4, 0.5) is 0 Å². The molecule has 0 bridgehead atoms. The standard InChI is InChI=1S/C21H28O.B/c1-16(2)15-20(17(3)4)21(22,18-11-7-5-8-12-18)19-13-9-6-10-14-19;/h5-14,16-17,20,22H,15H2,1-4H3;/t20-;/m0./s1. The molecule has 0 amide bonds. The molecule has 0 saturated carbocycles. The first-order chi connectivity index (χ1) is 10.5. The Morgan fingerprint density at radius 2 is 1.17 bits per heavy atom. The molecule has 0 spiro atoms. The van der Waals surface area contributed by atoms with Crippen LogP contribution in [0, 0.1) is 17.8 Å². The summed E-state index contributed by atoms with van der Waals surface area (Å²) in [5.74, 6) is 1.12. The van der Waals surface area contributed by atoms with Crippen molar-refractivity contribution in [3.8, 4) is 0 Å². The Kier molecular flexibility index (Phi) is 7.09. The number of aliphatic hydroxyl groups is 1. The molecule has 23 heavy (non-hydrogen) atoms. The van der Waals surface area contributed by atoms with Crippen molar-refractivity contribution in [1.82, 2.24) is 0 Å². The van der Waals surface area contributed by atoms with Crippen LogP contribution in [-0.4, -0.2) is 13.5 Å². The summed E-state index contributed by atoms with van der Waals surface area (Å²) in [5, 5.41) is 11.8. The highest BCUT2D eigenvalue weighted by Crippen LogP contribution is 2.43. The lowest BCUT2D eigenvalue weighted by molar-refractivity contribution is -0.0148. The molecule has 0 fully saturated rings. The summed E-state index contributed by atoms with van der Waals surface area (Å²) in [6, 6.07) is 20.2. The van der Waals surface area contributed by atoms with Gasteiger partial charge in [-0.05, 0) is 35.3 Å². The summed E-state index contributed by atoms with van der Waals surface area (Å²) in [7, 11) is 0. The number of hydrogen-bond acceptors (Lipinski definition) is 1. The molecule has 1 N–H and O–H groups in total. The van der Waals surface area contributed by atoms with Crippen LogP contribution in [0.25, 0.3) is 0 Å². The molecule has 0 aliphatic carbocycles. The molecule has 2 aromatic rings. The van der Waals surface area contributed by atoms with Gasteiger partial charge in [-0.15, -0.1) is 0 Å². The van der Waals surface area contributed by atoms with Crippen LogP contribution in [0.1, 0.15) is 45.2 Å². The van der Waals surface area contributed by atoms with Gasteiger partial charge in [-0.25, -0.2) is 0 Å². The van der Waals surface area contributed by atoms with Crippen molar-refractivity contribution in [1.29, 1.82) is 0 Å². The van der Waals surface area contributed by atoms with Crippen molar-refractivity contribution in [3.63, 3.8) is 0 Å². The van der Waals surface area contributed by atoms with Gasteiger partial charge in [0.25, 0.3) is 0 Å². The van der Waals surface area contributed by atoms with Gasteiger partial charge in [-0.3, -0.25) is 0 Å². The van der Waals surface area contributed by atoms with Gasteiger partial charge < -0.3 is 5.11 Å². The van der Waals surface area contributed by atoms with Gasteiger partial charge in [0, 0.05) is 8.41 Å². The Labute approximate surface area is 143 Å². The van der Waals surface area contributed by atoms with Crippen LogP contribution in [0.3, 0.4) is 0 Å². The van der Waals surface area contributed by atoms with Crippen molar-refractivity contribution in [2.24, 2.45) is 17.8 Å². The van der Waals surface area contributed by atoms with Crippen molar-refractivity contribution in [3.05, 3.63) is 71.8 Å². The normalized spacial score (nSPS) is 13.0. The van der Waals surface area contributed by atoms with Gasteiger partial charge in [0.15, 0.2) is 0 Å². The third-order valence-electron chi connectivity index (χ3n) is 4.49. The van der Waals surface area contributed by atoms with E-state index >= 15 is 0 Å². The third-order valence-corrected chi connectivity index (χ3v) is 4.49. The molecular weight excluding hydrogens is 279 g/mol. The van der Waals surface area contributed by atoms with E-state index in [1.807, 2.05) is 60.7 Å². The maximum atomic E-state index is 11.8. The molecule has 0 aliphatic rings. The zero-order chi connectivity index (χ0) is 16.2. The third kappa shape index (κ3) is 4.26. The summed E-state index contributed by atoms with van der Waals surface area (Å²) >= 11 is 0. The minimum Gasteiger partial charge on any atom is -0.380 e. The van der Waals surface area contributed by atoms with Crippen LogP contribution in [-0.2, 0) is 5.60 Å². The second kappa shape index (κ2) is 8.35. The molecule has 0 aliphatic heterocycles. The van der Waals surface area contributed by atoms with E-state index in [0.29, 0.717) is 11.8 Å². The topological polar surface area (TPSA) is 20.2 Å².